The summed E-state index contributed by atoms with van der Waals surface area (Å²) in [4.78, 5) is 11.9. The fourth-order valence-electron chi connectivity index (χ4n) is 1.39. The summed E-state index contributed by atoms with van der Waals surface area (Å²) in [5.41, 5.74) is 5.59. The molecule has 0 atom stereocenters. The fraction of sp³-hybridized carbons (Fsp3) is 0.636. The van der Waals surface area contributed by atoms with Gasteiger partial charge >= 0.3 is 0 Å². The average molecular weight is 255 g/mol. The van der Waals surface area contributed by atoms with Crippen molar-refractivity contribution >= 4 is 17.3 Å². The molecule has 6 heteroatoms. The Morgan fingerprint density at radius 2 is 2.41 bits per heavy atom. The van der Waals surface area contributed by atoms with Crippen LogP contribution in [0.15, 0.2) is 10.5 Å². The van der Waals surface area contributed by atoms with Gasteiger partial charge in [0.25, 0.3) is 0 Å². The van der Waals surface area contributed by atoms with Crippen molar-refractivity contribution < 1.29 is 0 Å². The van der Waals surface area contributed by atoms with E-state index in [1.165, 1.54) is 4.88 Å². The lowest BCUT2D eigenvalue weighted by molar-refractivity contribution is 0.479. The van der Waals surface area contributed by atoms with Crippen molar-refractivity contribution in [3.63, 3.8) is 0 Å². The summed E-state index contributed by atoms with van der Waals surface area (Å²) < 4.78 is 0. The number of nitrogens with one attached hydrogen (secondary N) is 1. The van der Waals surface area contributed by atoms with Gasteiger partial charge < -0.3 is 4.90 Å². The summed E-state index contributed by atoms with van der Waals surface area (Å²) in [6, 6.07) is 0. The molecular formula is C11H21N5S. The van der Waals surface area contributed by atoms with Gasteiger partial charge in [-0.2, -0.15) is 0 Å². The number of hydrogen-bond donors (Lipinski definition) is 2. The summed E-state index contributed by atoms with van der Waals surface area (Å²) in [5.74, 6) is 6.22. The number of guanidine groups is 1. The number of unbranched alkanes of at least 4 members (excludes halogenated alkanes) is 1. The molecule has 0 spiro atoms. The van der Waals surface area contributed by atoms with Gasteiger partial charge in [0.1, 0.15) is 0 Å². The van der Waals surface area contributed by atoms with Crippen molar-refractivity contribution in [1.82, 2.24) is 15.3 Å². The molecule has 0 unspecified atom stereocenters. The van der Waals surface area contributed by atoms with Crippen LogP contribution in [0.1, 0.15) is 30.3 Å². The van der Waals surface area contributed by atoms with E-state index in [9.17, 15) is 0 Å². The normalized spacial score (nSPS) is 11.6. The molecule has 3 N–H and O–H groups in total. The number of thiazole rings is 1. The highest BCUT2D eigenvalue weighted by Gasteiger charge is 2.08. The molecule has 1 aromatic rings. The molecule has 0 bridgehead atoms. The van der Waals surface area contributed by atoms with Crippen LogP contribution in [0.4, 0.5) is 0 Å². The average Bonchev–Trinajstić information content (AvgIpc) is 2.70. The molecule has 0 aliphatic carbocycles. The molecule has 0 aliphatic rings. The molecule has 0 saturated heterocycles. The topological polar surface area (TPSA) is 66.5 Å². The number of hydrazine groups is 1. The van der Waals surface area contributed by atoms with Gasteiger partial charge in [-0.25, -0.2) is 10.8 Å². The first-order chi connectivity index (χ1) is 8.19. The number of nitrogens with zero attached hydrogens (tertiary/aromatic N) is 3. The maximum absolute atomic E-state index is 5.49. The van der Waals surface area contributed by atoms with Gasteiger partial charge in [0.2, 0.25) is 5.96 Å². The first-order valence-electron chi connectivity index (χ1n) is 5.80. The van der Waals surface area contributed by atoms with Crippen LogP contribution >= 0.6 is 11.3 Å². The molecule has 1 aromatic heterocycles. The predicted molar refractivity (Wildman–Crippen MR) is 72.9 cm³/mol. The smallest absolute Gasteiger partial charge is 0.208 e. The summed E-state index contributed by atoms with van der Waals surface area (Å²) in [6.07, 6.45) is 2.22. The second-order valence-corrected chi connectivity index (χ2v) is 4.86. The highest BCUT2D eigenvalue weighted by molar-refractivity contribution is 7.09. The Morgan fingerprint density at radius 3 is 2.94 bits per heavy atom. The predicted octanol–water partition coefficient (Wildman–Crippen LogP) is 1.50. The second kappa shape index (κ2) is 7.24. The third-order valence-corrected chi connectivity index (χ3v) is 3.41. The van der Waals surface area contributed by atoms with Crippen LogP contribution in [-0.4, -0.2) is 29.4 Å². The number of hydrogen-bond acceptors (Lipinski definition) is 4. The third kappa shape index (κ3) is 4.32. The van der Waals surface area contributed by atoms with Gasteiger partial charge in [-0.3, -0.25) is 10.4 Å². The summed E-state index contributed by atoms with van der Waals surface area (Å²) in [7, 11) is 1.98. The lowest BCUT2D eigenvalue weighted by Crippen LogP contribution is -2.42. The van der Waals surface area contributed by atoms with E-state index in [-0.39, 0.29) is 0 Å². The van der Waals surface area contributed by atoms with Gasteiger partial charge in [-0.15, -0.1) is 11.3 Å². The van der Waals surface area contributed by atoms with Gasteiger partial charge in [-0.05, 0) is 13.3 Å². The van der Waals surface area contributed by atoms with Crippen molar-refractivity contribution in [1.29, 1.82) is 0 Å². The van der Waals surface area contributed by atoms with E-state index < -0.39 is 0 Å². The second-order valence-electron chi connectivity index (χ2n) is 3.92. The zero-order valence-corrected chi connectivity index (χ0v) is 11.5. The van der Waals surface area contributed by atoms with Crippen molar-refractivity contribution in [2.45, 2.75) is 33.2 Å². The highest BCUT2D eigenvalue weighted by Crippen LogP contribution is 2.14. The highest BCUT2D eigenvalue weighted by atomic mass is 32.1. The Labute approximate surface area is 107 Å². The number of rotatable bonds is 5. The Morgan fingerprint density at radius 1 is 1.65 bits per heavy atom. The van der Waals surface area contributed by atoms with Gasteiger partial charge in [0, 0.05) is 18.5 Å². The van der Waals surface area contributed by atoms with Crippen LogP contribution in [0.5, 0.6) is 0 Å². The van der Waals surface area contributed by atoms with Gasteiger partial charge in [-0.1, -0.05) is 13.3 Å². The molecule has 1 rings (SSSR count). The van der Waals surface area contributed by atoms with E-state index in [0.29, 0.717) is 0 Å². The van der Waals surface area contributed by atoms with Crippen LogP contribution in [0.2, 0.25) is 0 Å². The van der Waals surface area contributed by atoms with E-state index >= 15 is 0 Å². The van der Waals surface area contributed by atoms with E-state index in [2.05, 4.69) is 22.3 Å². The molecule has 96 valence electrons. The van der Waals surface area contributed by atoms with E-state index in [1.807, 2.05) is 24.4 Å². The first kappa shape index (κ1) is 13.9. The Bertz CT molecular complexity index is 360. The zero-order valence-electron chi connectivity index (χ0n) is 10.7. The van der Waals surface area contributed by atoms with E-state index in [0.717, 1.165) is 37.6 Å². The monoisotopic (exact) mass is 255 g/mol. The maximum atomic E-state index is 5.49. The van der Waals surface area contributed by atoms with Crippen LogP contribution < -0.4 is 11.3 Å². The molecule has 0 radical (unpaired) electrons. The molecule has 17 heavy (non-hydrogen) atoms. The molecule has 1 heterocycles. The van der Waals surface area contributed by atoms with E-state index in [4.69, 9.17) is 5.84 Å². The Kier molecular flexibility index (Phi) is 5.93. The van der Waals surface area contributed by atoms with Crippen molar-refractivity contribution in [2.24, 2.45) is 10.8 Å². The van der Waals surface area contributed by atoms with Crippen molar-refractivity contribution in [3.05, 3.63) is 16.1 Å². The lowest BCUT2D eigenvalue weighted by Gasteiger charge is -2.20. The summed E-state index contributed by atoms with van der Waals surface area (Å²) in [6.45, 7) is 5.76. The molecule has 0 saturated carbocycles. The zero-order chi connectivity index (χ0) is 12.7. The van der Waals surface area contributed by atoms with Crippen LogP contribution in [-0.2, 0) is 6.54 Å². The minimum Gasteiger partial charge on any atom is -0.340 e. The molecule has 0 aromatic carbocycles. The van der Waals surface area contributed by atoms with Crippen LogP contribution in [0.3, 0.4) is 0 Å². The lowest BCUT2D eigenvalue weighted by atomic mass is 10.3. The van der Waals surface area contributed by atoms with Gasteiger partial charge in [0.15, 0.2) is 0 Å². The minimum atomic E-state index is 0.728. The van der Waals surface area contributed by atoms with Gasteiger partial charge in [0.05, 0.1) is 17.7 Å². The number of aliphatic imine (C=N–C) groups is 1. The standard InChI is InChI=1S/C11H21N5S/c1-4-5-6-13-11(15-12)16(3)7-10-9(2)14-8-17-10/h8H,4-7,12H2,1-3H3,(H,13,15). The largest absolute Gasteiger partial charge is 0.340 e. The van der Waals surface area contributed by atoms with Crippen molar-refractivity contribution in [2.75, 3.05) is 13.6 Å². The molecular weight excluding hydrogens is 234 g/mol. The molecule has 0 amide bonds. The van der Waals surface area contributed by atoms with Crippen LogP contribution in [0, 0.1) is 6.92 Å². The quantitative estimate of drug-likeness (QED) is 0.275. The van der Waals surface area contributed by atoms with Crippen molar-refractivity contribution in [3.8, 4) is 0 Å². The molecule has 0 aliphatic heterocycles. The Hall–Kier alpha value is -1.14. The fourth-order valence-corrected chi connectivity index (χ4v) is 2.22. The third-order valence-electron chi connectivity index (χ3n) is 2.49. The number of aromatic nitrogens is 1. The number of nitrogens with two attached hydrogens (primary N) is 1. The Balaban J connectivity index is 2.57. The molecule has 0 fully saturated rings. The maximum Gasteiger partial charge on any atom is 0.208 e. The summed E-state index contributed by atoms with van der Waals surface area (Å²) in [5, 5.41) is 0. The minimum absolute atomic E-state index is 0.728. The number of aryl methyl sites for hydroxylation is 1. The molecule has 5 nitrogen and oxygen atoms in total. The van der Waals surface area contributed by atoms with E-state index in [1.54, 1.807) is 11.3 Å². The SMILES string of the molecule is CCCCN=C(NN)N(C)Cc1scnc1C. The summed E-state index contributed by atoms with van der Waals surface area (Å²) >= 11 is 1.66. The first-order valence-corrected chi connectivity index (χ1v) is 6.68. The van der Waals surface area contributed by atoms with Crippen LogP contribution in [0.25, 0.3) is 0 Å².